The number of aryl methyl sites for hydroxylation is 1. The summed E-state index contributed by atoms with van der Waals surface area (Å²) in [5.74, 6) is 0. The summed E-state index contributed by atoms with van der Waals surface area (Å²) in [4.78, 5) is 14.7. The van der Waals surface area contributed by atoms with Crippen LogP contribution in [0.3, 0.4) is 0 Å². The summed E-state index contributed by atoms with van der Waals surface area (Å²) in [5.41, 5.74) is 3.15. The number of anilines is 1. The lowest BCUT2D eigenvalue weighted by molar-refractivity contribution is 1.20. The predicted molar refractivity (Wildman–Crippen MR) is 63.5 cm³/mol. The van der Waals surface area contributed by atoms with E-state index in [1.807, 2.05) is 19.1 Å². The van der Waals surface area contributed by atoms with Gasteiger partial charge < -0.3 is 10.3 Å². The molecule has 78 valence electrons. The van der Waals surface area contributed by atoms with E-state index in [1.54, 1.807) is 12.3 Å². The van der Waals surface area contributed by atoms with Crippen LogP contribution in [0.4, 0.5) is 5.69 Å². The van der Waals surface area contributed by atoms with Gasteiger partial charge in [-0.05, 0) is 31.5 Å². The number of hydrogen-bond donors (Lipinski definition) is 2. The number of rotatable bonds is 2. The molecule has 15 heavy (non-hydrogen) atoms. The molecule has 0 saturated heterocycles. The van der Waals surface area contributed by atoms with Gasteiger partial charge in [0.2, 0.25) is 0 Å². The van der Waals surface area contributed by atoms with Gasteiger partial charge in [0, 0.05) is 29.9 Å². The molecule has 0 aliphatic carbocycles. The minimum absolute atomic E-state index is 0.0647. The van der Waals surface area contributed by atoms with E-state index in [4.69, 9.17) is 0 Å². The van der Waals surface area contributed by atoms with Crippen LogP contribution in [-0.2, 0) is 0 Å². The maximum absolute atomic E-state index is 11.6. The van der Waals surface area contributed by atoms with Gasteiger partial charge in [-0.2, -0.15) is 0 Å². The molecule has 0 spiro atoms. The molecule has 2 rings (SSSR count). The molecule has 0 amide bonds. The third-order valence-electron chi connectivity index (χ3n) is 2.56. The second-order valence-electron chi connectivity index (χ2n) is 3.53. The standard InChI is InChI=1S/C12H14N2O/c1-3-13-10-5-4-9-11(15)6-7-14-12(9)8(10)2/h4-7,13H,3H2,1-2H3,(H,14,15). The molecule has 1 aromatic carbocycles. The van der Waals surface area contributed by atoms with Gasteiger partial charge in [0.1, 0.15) is 0 Å². The van der Waals surface area contributed by atoms with Crippen molar-refractivity contribution in [3.8, 4) is 0 Å². The fraction of sp³-hybridized carbons (Fsp3) is 0.250. The molecule has 2 N–H and O–H groups in total. The number of benzene rings is 1. The van der Waals surface area contributed by atoms with Crippen molar-refractivity contribution in [3.05, 3.63) is 40.2 Å². The third-order valence-corrected chi connectivity index (χ3v) is 2.56. The first-order valence-electron chi connectivity index (χ1n) is 5.09. The maximum atomic E-state index is 11.6. The van der Waals surface area contributed by atoms with Gasteiger partial charge in [0.15, 0.2) is 5.43 Å². The number of H-pyrrole nitrogens is 1. The van der Waals surface area contributed by atoms with E-state index in [2.05, 4.69) is 17.2 Å². The SMILES string of the molecule is CCNc1ccc2c(=O)cc[nH]c2c1C. The van der Waals surface area contributed by atoms with E-state index in [-0.39, 0.29) is 5.43 Å². The van der Waals surface area contributed by atoms with Crippen molar-refractivity contribution >= 4 is 16.6 Å². The first-order valence-corrected chi connectivity index (χ1v) is 5.09. The summed E-state index contributed by atoms with van der Waals surface area (Å²) in [6, 6.07) is 5.37. The molecule has 0 saturated carbocycles. The van der Waals surface area contributed by atoms with E-state index in [9.17, 15) is 4.79 Å². The first kappa shape index (κ1) is 9.77. The zero-order chi connectivity index (χ0) is 10.8. The fourth-order valence-electron chi connectivity index (χ4n) is 1.78. The molecule has 0 bridgehead atoms. The molecule has 1 aromatic heterocycles. The highest BCUT2D eigenvalue weighted by atomic mass is 16.1. The van der Waals surface area contributed by atoms with E-state index < -0.39 is 0 Å². The first-order chi connectivity index (χ1) is 7.24. The topological polar surface area (TPSA) is 44.9 Å². The average molecular weight is 202 g/mol. The molecule has 0 radical (unpaired) electrons. The highest BCUT2D eigenvalue weighted by molar-refractivity contribution is 5.86. The van der Waals surface area contributed by atoms with Gasteiger partial charge in [-0.1, -0.05) is 0 Å². The Balaban J connectivity index is 2.74. The van der Waals surface area contributed by atoms with Gasteiger partial charge in [-0.3, -0.25) is 4.79 Å². The molecule has 0 fully saturated rings. The van der Waals surface area contributed by atoms with Gasteiger partial charge in [0.25, 0.3) is 0 Å². The van der Waals surface area contributed by atoms with E-state index >= 15 is 0 Å². The minimum Gasteiger partial charge on any atom is -0.385 e. The van der Waals surface area contributed by atoms with Crippen LogP contribution in [0.2, 0.25) is 0 Å². The summed E-state index contributed by atoms with van der Waals surface area (Å²) in [5, 5.41) is 4.01. The number of aromatic nitrogens is 1. The van der Waals surface area contributed by atoms with E-state index in [1.165, 1.54) is 0 Å². The molecule has 0 atom stereocenters. The largest absolute Gasteiger partial charge is 0.385 e. The second kappa shape index (κ2) is 3.77. The summed E-state index contributed by atoms with van der Waals surface area (Å²) < 4.78 is 0. The number of fused-ring (bicyclic) bond motifs is 1. The van der Waals surface area contributed by atoms with E-state index in [0.717, 1.165) is 28.7 Å². The molecular weight excluding hydrogens is 188 g/mol. The Morgan fingerprint density at radius 2 is 2.13 bits per heavy atom. The van der Waals surface area contributed by atoms with E-state index in [0.29, 0.717) is 0 Å². The summed E-state index contributed by atoms with van der Waals surface area (Å²) in [6.45, 7) is 4.94. The molecule has 3 heteroatoms. The maximum Gasteiger partial charge on any atom is 0.189 e. The van der Waals surface area contributed by atoms with Crippen molar-refractivity contribution in [1.29, 1.82) is 0 Å². The van der Waals surface area contributed by atoms with Gasteiger partial charge in [-0.25, -0.2) is 0 Å². The second-order valence-corrected chi connectivity index (χ2v) is 3.53. The highest BCUT2D eigenvalue weighted by Gasteiger charge is 2.04. The normalized spacial score (nSPS) is 10.5. The predicted octanol–water partition coefficient (Wildman–Crippen LogP) is 2.27. The van der Waals surface area contributed by atoms with Crippen molar-refractivity contribution in [3.63, 3.8) is 0 Å². The number of hydrogen-bond acceptors (Lipinski definition) is 2. The van der Waals surface area contributed by atoms with Crippen molar-refractivity contribution in [2.45, 2.75) is 13.8 Å². The van der Waals surface area contributed by atoms with Crippen LogP contribution in [0.5, 0.6) is 0 Å². The molecule has 1 heterocycles. The molecule has 0 aliphatic rings. The molecule has 3 nitrogen and oxygen atoms in total. The summed E-state index contributed by atoms with van der Waals surface area (Å²) >= 11 is 0. The van der Waals surface area contributed by atoms with Crippen molar-refractivity contribution in [2.24, 2.45) is 0 Å². The number of nitrogens with one attached hydrogen (secondary N) is 2. The quantitative estimate of drug-likeness (QED) is 0.784. The Hall–Kier alpha value is -1.77. The van der Waals surface area contributed by atoms with Gasteiger partial charge >= 0.3 is 0 Å². The lowest BCUT2D eigenvalue weighted by Gasteiger charge is -2.09. The zero-order valence-corrected chi connectivity index (χ0v) is 8.92. The highest BCUT2D eigenvalue weighted by Crippen LogP contribution is 2.21. The smallest absolute Gasteiger partial charge is 0.189 e. The third kappa shape index (κ3) is 1.61. The Morgan fingerprint density at radius 1 is 1.33 bits per heavy atom. The van der Waals surface area contributed by atoms with Crippen molar-refractivity contribution < 1.29 is 0 Å². The average Bonchev–Trinajstić information content (AvgIpc) is 2.23. The minimum atomic E-state index is 0.0647. The van der Waals surface area contributed by atoms with Crippen molar-refractivity contribution in [1.82, 2.24) is 4.98 Å². The monoisotopic (exact) mass is 202 g/mol. The van der Waals surface area contributed by atoms with Crippen LogP contribution < -0.4 is 10.7 Å². The number of pyridine rings is 1. The van der Waals surface area contributed by atoms with Gasteiger partial charge in [-0.15, -0.1) is 0 Å². The van der Waals surface area contributed by atoms with Crippen molar-refractivity contribution in [2.75, 3.05) is 11.9 Å². The Kier molecular flexibility index (Phi) is 2.46. The zero-order valence-electron chi connectivity index (χ0n) is 8.92. The molecule has 2 aromatic rings. The van der Waals surface area contributed by atoms with Gasteiger partial charge in [0.05, 0.1) is 5.52 Å². The fourth-order valence-corrected chi connectivity index (χ4v) is 1.78. The summed E-state index contributed by atoms with van der Waals surface area (Å²) in [6.07, 6.45) is 1.69. The Bertz CT molecular complexity index is 543. The Labute approximate surface area is 88.1 Å². The lowest BCUT2D eigenvalue weighted by atomic mass is 10.1. The lowest BCUT2D eigenvalue weighted by Crippen LogP contribution is -2.04. The van der Waals surface area contributed by atoms with Crippen LogP contribution in [0.25, 0.3) is 10.9 Å². The molecule has 0 aliphatic heterocycles. The van der Waals surface area contributed by atoms with Crippen LogP contribution in [0.15, 0.2) is 29.2 Å². The van der Waals surface area contributed by atoms with Crippen LogP contribution >= 0.6 is 0 Å². The summed E-state index contributed by atoms with van der Waals surface area (Å²) in [7, 11) is 0. The van der Waals surface area contributed by atoms with Crippen LogP contribution in [0, 0.1) is 6.92 Å². The Morgan fingerprint density at radius 3 is 2.87 bits per heavy atom. The van der Waals surface area contributed by atoms with Crippen LogP contribution in [-0.4, -0.2) is 11.5 Å². The van der Waals surface area contributed by atoms with Crippen LogP contribution in [0.1, 0.15) is 12.5 Å². The molecule has 0 unspecified atom stereocenters. The molecular formula is C12H14N2O. The number of aromatic amines is 1.